The number of hydrogen-bond donors (Lipinski definition) is 2. The predicted molar refractivity (Wildman–Crippen MR) is 74.2 cm³/mol. The fourth-order valence-corrected chi connectivity index (χ4v) is 1.68. The molecule has 0 atom stereocenters. The Hall–Kier alpha value is -2.70. The van der Waals surface area contributed by atoms with Crippen molar-refractivity contribution < 1.29 is 9.31 Å². The lowest BCUT2D eigenvalue weighted by atomic mass is 10.2. The van der Waals surface area contributed by atoms with Gasteiger partial charge in [0.15, 0.2) is 0 Å². The fourth-order valence-electron chi connectivity index (χ4n) is 1.68. The minimum atomic E-state index is -0.497. The van der Waals surface area contributed by atoms with Gasteiger partial charge in [-0.3, -0.25) is 10.1 Å². The van der Waals surface area contributed by atoms with Crippen LogP contribution >= 0.6 is 0 Å². The Bertz CT molecular complexity index is 616. The second-order valence-corrected chi connectivity index (χ2v) is 4.05. The molecule has 1 aromatic carbocycles. The molecule has 0 aliphatic heterocycles. The van der Waals surface area contributed by atoms with Crippen molar-refractivity contribution in [2.24, 2.45) is 0 Å². The van der Waals surface area contributed by atoms with E-state index in [1.807, 2.05) is 0 Å². The van der Waals surface area contributed by atoms with E-state index < -0.39 is 4.92 Å². The van der Waals surface area contributed by atoms with Crippen LogP contribution in [0.25, 0.3) is 0 Å². The number of pyridine rings is 1. The van der Waals surface area contributed by atoms with Gasteiger partial charge >= 0.3 is 5.69 Å². The number of rotatable bonds is 5. The summed E-state index contributed by atoms with van der Waals surface area (Å²) in [7, 11) is 1.57. The quantitative estimate of drug-likeness (QED) is 0.648. The van der Waals surface area contributed by atoms with E-state index in [2.05, 4.69) is 15.6 Å². The minimum Gasteiger partial charge on any atom is -0.367 e. The number of hydrogen-bond acceptors (Lipinski definition) is 5. The third-order valence-corrected chi connectivity index (χ3v) is 2.69. The molecule has 2 N–H and O–H groups in total. The Labute approximate surface area is 114 Å². The van der Waals surface area contributed by atoms with Crippen molar-refractivity contribution >= 4 is 17.3 Å². The molecular formula is C13H13FN4O2. The lowest BCUT2D eigenvalue weighted by molar-refractivity contribution is -0.384. The number of aromatic nitrogens is 1. The monoisotopic (exact) mass is 276 g/mol. The third kappa shape index (κ3) is 3.19. The van der Waals surface area contributed by atoms with Crippen LogP contribution in [-0.2, 0) is 6.54 Å². The second kappa shape index (κ2) is 5.96. The standard InChI is InChI=1S/C13H13FN4O2/c1-15-13-11(18(19)20)6-7-12(17-13)16-8-9-2-4-10(14)5-3-9/h2-7H,8H2,1H3,(H2,15,16,17). The van der Waals surface area contributed by atoms with Gasteiger partial charge in [0.25, 0.3) is 0 Å². The topological polar surface area (TPSA) is 80.1 Å². The molecule has 0 radical (unpaired) electrons. The van der Waals surface area contributed by atoms with E-state index in [1.165, 1.54) is 24.3 Å². The Morgan fingerprint density at radius 2 is 1.95 bits per heavy atom. The van der Waals surface area contributed by atoms with E-state index in [0.717, 1.165) is 5.56 Å². The van der Waals surface area contributed by atoms with Crippen molar-refractivity contribution in [1.29, 1.82) is 0 Å². The number of anilines is 2. The first kappa shape index (κ1) is 13.7. The fraction of sp³-hybridized carbons (Fsp3) is 0.154. The van der Waals surface area contributed by atoms with Gasteiger partial charge in [0.2, 0.25) is 5.82 Å². The smallest absolute Gasteiger partial charge is 0.311 e. The van der Waals surface area contributed by atoms with Crippen molar-refractivity contribution in [1.82, 2.24) is 4.98 Å². The number of halogens is 1. The average molecular weight is 276 g/mol. The van der Waals surface area contributed by atoms with E-state index in [9.17, 15) is 14.5 Å². The summed E-state index contributed by atoms with van der Waals surface area (Å²) in [5, 5.41) is 16.5. The maximum absolute atomic E-state index is 12.8. The average Bonchev–Trinajstić information content (AvgIpc) is 2.46. The normalized spacial score (nSPS) is 10.1. The summed E-state index contributed by atoms with van der Waals surface area (Å²) in [6.45, 7) is 0.453. The van der Waals surface area contributed by atoms with Gasteiger partial charge in [-0.15, -0.1) is 0 Å². The molecule has 0 fully saturated rings. The highest BCUT2D eigenvalue weighted by atomic mass is 19.1. The summed E-state index contributed by atoms with van der Waals surface area (Å²) >= 11 is 0. The number of benzene rings is 1. The van der Waals surface area contributed by atoms with Crippen LogP contribution in [0.4, 0.5) is 21.7 Å². The van der Waals surface area contributed by atoms with Gasteiger partial charge in [-0.25, -0.2) is 9.37 Å². The van der Waals surface area contributed by atoms with Crippen molar-refractivity contribution in [3.8, 4) is 0 Å². The van der Waals surface area contributed by atoms with Gasteiger partial charge < -0.3 is 10.6 Å². The van der Waals surface area contributed by atoms with E-state index >= 15 is 0 Å². The van der Waals surface area contributed by atoms with Gasteiger partial charge in [0.05, 0.1) is 4.92 Å². The Morgan fingerprint density at radius 1 is 1.25 bits per heavy atom. The lowest BCUT2D eigenvalue weighted by Gasteiger charge is -2.08. The van der Waals surface area contributed by atoms with Crippen molar-refractivity contribution in [3.05, 3.63) is 57.9 Å². The van der Waals surface area contributed by atoms with E-state index in [0.29, 0.717) is 12.4 Å². The number of nitro groups is 1. The van der Waals surface area contributed by atoms with Crippen LogP contribution in [0.2, 0.25) is 0 Å². The molecule has 2 aromatic rings. The first-order valence-electron chi connectivity index (χ1n) is 5.91. The highest BCUT2D eigenvalue weighted by Crippen LogP contribution is 2.23. The first-order valence-corrected chi connectivity index (χ1v) is 5.91. The number of nitrogens with zero attached hydrogens (tertiary/aromatic N) is 2. The second-order valence-electron chi connectivity index (χ2n) is 4.05. The zero-order valence-corrected chi connectivity index (χ0v) is 10.8. The molecule has 1 heterocycles. The molecule has 0 spiro atoms. The molecule has 0 saturated heterocycles. The van der Waals surface area contributed by atoms with Crippen molar-refractivity contribution in [3.63, 3.8) is 0 Å². The van der Waals surface area contributed by atoms with Crippen LogP contribution in [-0.4, -0.2) is 17.0 Å². The van der Waals surface area contributed by atoms with Crippen LogP contribution in [0.15, 0.2) is 36.4 Å². The summed E-state index contributed by atoms with van der Waals surface area (Å²) in [5.74, 6) is 0.406. The third-order valence-electron chi connectivity index (χ3n) is 2.69. The summed E-state index contributed by atoms with van der Waals surface area (Å²) in [5.41, 5.74) is 0.803. The van der Waals surface area contributed by atoms with Crippen molar-refractivity contribution in [2.45, 2.75) is 6.54 Å². The highest BCUT2D eigenvalue weighted by Gasteiger charge is 2.14. The molecule has 0 unspecified atom stereocenters. The molecule has 104 valence electrons. The summed E-state index contributed by atoms with van der Waals surface area (Å²) < 4.78 is 12.8. The molecule has 20 heavy (non-hydrogen) atoms. The molecule has 6 nitrogen and oxygen atoms in total. The van der Waals surface area contributed by atoms with Crippen LogP contribution in [0.1, 0.15) is 5.56 Å². The minimum absolute atomic E-state index is 0.0835. The number of nitrogens with one attached hydrogen (secondary N) is 2. The largest absolute Gasteiger partial charge is 0.367 e. The predicted octanol–water partition coefficient (Wildman–Crippen LogP) is 2.78. The molecule has 0 aliphatic rings. The molecule has 1 aromatic heterocycles. The van der Waals surface area contributed by atoms with Gasteiger partial charge in [0, 0.05) is 19.7 Å². The SMILES string of the molecule is CNc1nc(NCc2ccc(F)cc2)ccc1[N+](=O)[O-]. The first-order chi connectivity index (χ1) is 9.60. The Kier molecular flexibility index (Phi) is 4.09. The molecule has 0 saturated carbocycles. The van der Waals surface area contributed by atoms with E-state index in [1.54, 1.807) is 19.2 Å². The van der Waals surface area contributed by atoms with E-state index in [4.69, 9.17) is 0 Å². The molecule has 0 aliphatic carbocycles. The molecule has 2 rings (SSSR count). The van der Waals surface area contributed by atoms with E-state index in [-0.39, 0.29) is 17.3 Å². The van der Waals surface area contributed by atoms with Gasteiger partial charge in [-0.1, -0.05) is 12.1 Å². The van der Waals surface area contributed by atoms with Gasteiger partial charge in [-0.05, 0) is 23.8 Å². The zero-order valence-electron chi connectivity index (χ0n) is 10.8. The maximum Gasteiger partial charge on any atom is 0.311 e. The van der Waals surface area contributed by atoms with Crippen LogP contribution in [0.5, 0.6) is 0 Å². The van der Waals surface area contributed by atoms with Crippen LogP contribution < -0.4 is 10.6 Å². The van der Waals surface area contributed by atoms with Gasteiger partial charge in [-0.2, -0.15) is 0 Å². The molecule has 0 amide bonds. The highest BCUT2D eigenvalue weighted by molar-refractivity contribution is 5.59. The molecular weight excluding hydrogens is 263 g/mol. The van der Waals surface area contributed by atoms with Crippen LogP contribution in [0.3, 0.4) is 0 Å². The van der Waals surface area contributed by atoms with Crippen LogP contribution in [0, 0.1) is 15.9 Å². The van der Waals surface area contributed by atoms with Gasteiger partial charge in [0.1, 0.15) is 11.6 Å². The summed E-state index contributed by atoms with van der Waals surface area (Å²) in [4.78, 5) is 14.4. The Morgan fingerprint density at radius 3 is 2.55 bits per heavy atom. The summed E-state index contributed by atoms with van der Waals surface area (Å²) in [6.07, 6.45) is 0. The Balaban J connectivity index is 2.10. The zero-order chi connectivity index (χ0) is 14.5. The molecule has 0 bridgehead atoms. The lowest BCUT2D eigenvalue weighted by Crippen LogP contribution is -2.05. The summed E-state index contributed by atoms with van der Waals surface area (Å²) in [6, 6.07) is 8.98. The maximum atomic E-state index is 12.8. The van der Waals surface area contributed by atoms with Crippen molar-refractivity contribution in [2.75, 3.05) is 17.7 Å². The molecule has 7 heteroatoms.